The van der Waals surface area contributed by atoms with Gasteiger partial charge in [0.25, 0.3) is 0 Å². The van der Waals surface area contributed by atoms with Gasteiger partial charge >= 0.3 is 5.97 Å². The van der Waals surface area contributed by atoms with Gasteiger partial charge in [-0.1, -0.05) is 17.9 Å². The Kier molecular flexibility index (Phi) is 3.03. The second-order valence-corrected chi connectivity index (χ2v) is 4.04. The molecule has 1 aromatic rings. The van der Waals surface area contributed by atoms with Crippen molar-refractivity contribution in [2.24, 2.45) is 5.92 Å². The molecule has 1 heterocycles. The lowest BCUT2D eigenvalue weighted by atomic mass is 10.3. The van der Waals surface area contributed by atoms with Gasteiger partial charge in [-0.15, -0.1) is 5.10 Å². The highest BCUT2D eigenvalue weighted by Gasteiger charge is 2.25. The largest absolute Gasteiger partial charge is 0.457 e. The molecular formula is C11H15N3O2. The van der Waals surface area contributed by atoms with E-state index in [1.807, 2.05) is 6.92 Å². The van der Waals surface area contributed by atoms with Gasteiger partial charge in [0.1, 0.15) is 6.61 Å². The zero-order chi connectivity index (χ0) is 11.5. The van der Waals surface area contributed by atoms with Crippen LogP contribution in [0.3, 0.4) is 0 Å². The summed E-state index contributed by atoms with van der Waals surface area (Å²) in [4.78, 5) is 11.6. The van der Waals surface area contributed by atoms with E-state index in [1.54, 1.807) is 4.68 Å². The molecule has 5 heteroatoms. The minimum Gasteiger partial charge on any atom is -0.457 e. The fourth-order valence-electron chi connectivity index (χ4n) is 1.47. The maximum Gasteiger partial charge on any atom is 0.361 e. The van der Waals surface area contributed by atoms with E-state index in [2.05, 4.69) is 16.9 Å². The van der Waals surface area contributed by atoms with Gasteiger partial charge in [0.2, 0.25) is 0 Å². The molecule has 16 heavy (non-hydrogen) atoms. The van der Waals surface area contributed by atoms with Gasteiger partial charge < -0.3 is 4.74 Å². The van der Waals surface area contributed by atoms with Crippen LogP contribution in [0.5, 0.6) is 0 Å². The predicted molar refractivity (Wildman–Crippen MR) is 58.0 cm³/mol. The van der Waals surface area contributed by atoms with Crippen LogP contribution in [0.15, 0.2) is 12.7 Å². The molecule has 0 saturated heterocycles. The van der Waals surface area contributed by atoms with Gasteiger partial charge in [0, 0.05) is 6.54 Å². The van der Waals surface area contributed by atoms with Crippen LogP contribution in [0.2, 0.25) is 0 Å². The predicted octanol–water partition coefficient (Wildman–Crippen LogP) is 1.34. The quantitative estimate of drug-likeness (QED) is 0.556. The van der Waals surface area contributed by atoms with E-state index < -0.39 is 5.97 Å². The van der Waals surface area contributed by atoms with Crippen LogP contribution in [-0.2, 0) is 11.3 Å². The fourth-order valence-corrected chi connectivity index (χ4v) is 1.47. The first-order valence-electron chi connectivity index (χ1n) is 5.40. The number of aromatic nitrogens is 3. The lowest BCUT2D eigenvalue weighted by Crippen LogP contribution is -2.09. The first kappa shape index (κ1) is 10.9. The number of hydrogen-bond acceptors (Lipinski definition) is 4. The number of ether oxygens (including phenoxy) is 1. The van der Waals surface area contributed by atoms with Crippen LogP contribution < -0.4 is 0 Å². The third-order valence-electron chi connectivity index (χ3n) is 2.64. The Morgan fingerprint density at radius 3 is 3.06 bits per heavy atom. The molecule has 1 aliphatic carbocycles. The van der Waals surface area contributed by atoms with Crippen molar-refractivity contribution in [1.29, 1.82) is 0 Å². The van der Waals surface area contributed by atoms with Crippen molar-refractivity contribution in [3.8, 4) is 0 Å². The van der Waals surface area contributed by atoms with E-state index in [0.717, 1.165) is 12.2 Å². The fraction of sp³-hybridized carbons (Fsp3) is 0.545. The molecule has 0 bridgehead atoms. The van der Waals surface area contributed by atoms with E-state index in [9.17, 15) is 4.79 Å². The van der Waals surface area contributed by atoms with Gasteiger partial charge in [0.15, 0.2) is 5.69 Å². The van der Waals surface area contributed by atoms with E-state index in [-0.39, 0.29) is 6.61 Å². The van der Waals surface area contributed by atoms with Crippen molar-refractivity contribution in [2.75, 3.05) is 6.61 Å². The lowest BCUT2D eigenvalue weighted by molar-refractivity contribution is 0.0542. The average Bonchev–Trinajstić information content (AvgIpc) is 3.01. The van der Waals surface area contributed by atoms with Gasteiger partial charge in [0.05, 0.1) is 5.69 Å². The first-order chi connectivity index (χ1) is 7.72. The van der Waals surface area contributed by atoms with Gasteiger partial charge in [-0.2, -0.15) is 0 Å². The molecule has 1 aromatic heterocycles. The molecule has 1 saturated carbocycles. The number of carbonyl (C=O) groups is 1. The summed E-state index contributed by atoms with van der Waals surface area (Å²) in [7, 11) is 0. The van der Waals surface area contributed by atoms with Crippen LogP contribution in [0.4, 0.5) is 0 Å². The minimum absolute atomic E-state index is 0.202. The molecule has 0 spiro atoms. The van der Waals surface area contributed by atoms with Gasteiger partial charge in [-0.3, -0.25) is 0 Å². The maximum atomic E-state index is 11.6. The molecule has 0 amide bonds. The third-order valence-corrected chi connectivity index (χ3v) is 2.64. The summed E-state index contributed by atoms with van der Waals surface area (Å²) in [5.74, 6) is 0.275. The molecule has 5 nitrogen and oxygen atoms in total. The molecule has 0 aromatic carbocycles. The summed E-state index contributed by atoms with van der Waals surface area (Å²) >= 11 is 0. The molecule has 0 unspecified atom stereocenters. The van der Waals surface area contributed by atoms with Crippen molar-refractivity contribution in [3.05, 3.63) is 24.0 Å². The molecule has 1 aliphatic rings. The van der Waals surface area contributed by atoms with E-state index in [1.165, 1.54) is 18.9 Å². The Hall–Kier alpha value is -1.65. The molecule has 0 N–H and O–H groups in total. The summed E-state index contributed by atoms with van der Waals surface area (Å²) in [6, 6.07) is 0. The summed E-state index contributed by atoms with van der Waals surface area (Å²) in [5.41, 5.74) is 1.09. The Morgan fingerprint density at radius 1 is 1.69 bits per heavy atom. The SMILES string of the molecule is C=CCOC(=O)c1nnn(CC2CC2)c1C. The average molecular weight is 221 g/mol. The molecular weight excluding hydrogens is 206 g/mol. The van der Waals surface area contributed by atoms with E-state index in [0.29, 0.717) is 11.6 Å². The van der Waals surface area contributed by atoms with Crippen molar-refractivity contribution < 1.29 is 9.53 Å². The highest BCUT2D eigenvalue weighted by atomic mass is 16.5. The second-order valence-electron chi connectivity index (χ2n) is 4.04. The zero-order valence-corrected chi connectivity index (χ0v) is 9.35. The maximum absolute atomic E-state index is 11.6. The summed E-state index contributed by atoms with van der Waals surface area (Å²) < 4.78 is 6.70. The van der Waals surface area contributed by atoms with Crippen molar-refractivity contribution in [3.63, 3.8) is 0 Å². The topological polar surface area (TPSA) is 57.0 Å². The number of rotatable bonds is 5. The third kappa shape index (κ3) is 2.29. The summed E-state index contributed by atoms with van der Waals surface area (Å²) in [5, 5.41) is 7.82. The number of esters is 1. The van der Waals surface area contributed by atoms with E-state index >= 15 is 0 Å². The molecule has 86 valence electrons. The summed E-state index contributed by atoms with van der Waals surface area (Å²) in [6.07, 6.45) is 4.02. The molecule has 1 fully saturated rings. The minimum atomic E-state index is -0.431. The van der Waals surface area contributed by atoms with Crippen LogP contribution in [0.25, 0.3) is 0 Å². The van der Waals surface area contributed by atoms with Gasteiger partial charge in [-0.05, 0) is 25.7 Å². The number of hydrogen-bond donors (Lipinski definition) is 0. The van der Waals surface area contributed by atoms with Crippen LogP contribution in [0, 0.1) is 12.8 Å². The van der Waals surface area contributed by atoms with Gasteiger partial charge in [-0.25, -0.2) is 9.48 Å². The molecule has 0 aliphatic heterocycles. The van der Waals surface area contributed by atoms with Crippen LogP contribution >= 0.6 is 0 Å². The highest BCUT2D eigenvalue weighted by Crippen LogP contribution is 2.30. The Morgan fingerprint density at radius 2 is 2.44 bits per heavy atom. The first-order valence-corrected chi connectivity index (χ1v) is 5.40. The van der Waals surface area contributed by atoms with Crippen molar-refractivity contribution >= 4 is 5.97 Å². The lowest BCUT2D eigenvalue weighted by Gasteiger charge is -2.01. The monoisotopic (exact) mass is 221 g/mol. The van der Waals surface area contributed by atoms with Crippen LogP contribution in [0.1, 0.15) is 29.0 Å². The number of nitrogens with zero attached hydrogens (tertiary/aromatic N) is 3. The Balaban J connectivity index is 2.05. The second kappa shape index (κ2) is 4.47. The van der Waals surface area contributed by atoms with E-state index in [4.69, 9.17) is 4.74 Å². The normalized spacial score (nSPS) is 14.8. The smallest absolute Gasteiger partial charge is 0.361 e. The summed E-state index contributed by atoms with van der Waals surface area (Å²) in [6.45, 7) is 6.38. The molecule has 2 rings (SSSR count). The van der Waals surface area contributed by atoms with Crippen LogP contribution in [-0.4, -0.2) is 27.6 Å². The molecule has 0 atom stereocenters. The molecule has 0 radical (unpaired) electrons. The highest BCUT2D eigenvalue weighted by molar-refractivity contribution is 5.88. The Bertz CT molecular complexity index is 407. The van der Waals surface area contributed by atoms with Crippen molar-refractivity contribution in [1.82, 2.24) is 15.0 Å². The standard InChI is InChI=1S/C11H15N3O2/c1-3-6-16-11(15)10-8(2)14(13-12-10)7-9-4-5-9/h3,9H,1,4-7H2,2H3. The van der Waals surface area contributed by atoms with Crippen molar-refractivity contribution in [2.45, 2.75) is 26.3 Å². The number of carbonyl (C=O) groups excluding carboxylic acids is 1. The Labute approximate surface area is 94.1 Å². The zero-order valence-electron chi connectivity index (χ0n) is 9.35.